The monoisotopic (exact) mass is 373 g/mol. The number of nitrogens with zero attached hydrogens (tertiary/aromatic N) is 1. The standard InChI is InChI=1S/C16H27N3O5S/c1-6-24-14-8-7-13(9-15(14)25(21,22)19(3)4)17-10-16(20)18-12(2)11-23-5/h7-9,12,17H,6,10-11H2,1-5H3,(H,18,20). The molecule has 2 N–H and O–H groups in total. The number of hydrogen-bond acceptors (Lipinski definition) is 6. The lowest BCUT2D eigenvalue weighted by atomic mass is 10.3. The van der Waals surface area contributed by atoms with Gasteiger partial charge in [0, 0.05) is 32.9 Å². The molecule has 0 saturated carbocycles. The van der Waals surface area contributed by atoms with E-state index >= 15 is 0 Å². The van der Waals surface area contributed by atoms with Crippen molar-refractivity contribution >= 4 is 21.6 Å². The first-order valence-corrected chi connectivity index (χ1v) is 9.37. The summed E-state index contributed by atoms with van der Waals surface area (Å²) < 4.78 is 36.4. The molecule has 0 aliphatic rings. The second kappa shape index (κ2) is 9.59. The Kier molecular flexibility index (Phi) is 8.14. The SMILES string of the molecule is CCOc1ccc(NCC(=O)NC(C)COC)cc1S(=O)(=O)N(C)C. The second-order valence-corrected chi connectivity index (χ2v) is 7.78. The van der Waals surface area contributed by atoms with Gasteiger partial charge in [-0.1, -0.05) is 0 Å². The van der Waals surface area contributed by atoms with Gasteiger partial charge in [-0.25, -0.2) is 12.7 Å². The largest absolute Gasteiger partial charge is 0.492 e. The molecule has 9 heteroatoms. The van der Waals surface area contributed by atoms with Gasteiger partial charge in [-0.2, -0.15) is 0 Å². The molecular formula is C16H27N3O5S. The summed E-state index contributed by atoms with van der Waals surface area (Å²) in [4.78, 5) is 11.9. The van der Waals surface area contributed by atoms with E-state index in [-0.39, 0.29) is 29.1 Å². The van der Waals surface area contributed by atoms with Crippen LogP contribution < -0.4 is 15.4 Å². The summed E-state index contributed by atoms with van der Waals surface area (Å²) >= 11 is 0. The topological polar surface area (TPSA) is 97.0 Å². The minimum absolute atomic E-state index is 0.0173. The molecule has 25 heavy (non-hydrogen) atoms. The first-order chi connectivity index (χ1) is 11.7. The van der Waals surface area contributed by atoms with E-state index in [4.69, 9.17) is 9.47 Å². The maximum atomic E-state index is 12.5. The summed E-state index contributed by atoms with van der Waals surface area (Å²) in [5.74, 6) is 0.0652. The summed E-state index contributed by atoms with van der Waals surface area (Å²) in [7, 11) is 0.805. The maximum Gasteiger partial charge on any atom is 0.246 e. The highest BCUT2D eigenvalue weighted by atomic mass is 32.2. The molecule has 0 aliphatic heterocycles. The predicted octanol–water partition coefficient (Wildman–Crippen LogP) is 0.899. The van der Waals surface area contributed by atoms with E-state index in [9.17, 15) is 13.2 Å². The van der Waals surface area contributed by atoms with E-state index in [0.29, 0.717) is 18.9 Å². The van der Waals surface area contributed by atoms with Gasteiger partial charge in [0.25, 0.3) is 0 Å². The van der Waals surface area contributed by atoms with Crippen molar-refractivity contribution in [2.45, 2.75) is 24.8 Å². The van der Waals surface area contributed by atoms with Gasteiger partial charge in [0.05, 0.1) is 19.8 Å². The zero-order valence-corrected chi connectivity index (χ0v) is 16.1. The maximum absolute atomic E-state index is 12.5. The van der Waals surface area contributed by atoms with Crippen molar-refractivity contribution in [2.75, 3.05) is 46.3 Å². The molecule has 0 heterocycles. The number of carbonyl (C=O) groups is 1. The van der Waals surface area contributed by atoms with E-state index in [2.05, 4.69) is 10.6 Å². The Balaban J connectivity index is 2.90. The molecule has 8 nitrogen and oxygen atoms in total. The highest BCUT2D eigenvalue weighted by molar-refractivity contribution is 7.89. The van der Waals surface area contributed by atoms with Gasteiger partial charge in [-0.15, -0.1) is 0 Å². The first-order valence-electron chi connectivity index (χ1n) is 7.93. The van der Waals surface area contributed by atoms with Gasteiger partial charge in [0.2, 0.25) is 15.9 Å². The molecule has 1 aromatic rings. The Morgan fingerprint density at radius 3 is 2.56 bits per heavy atom. The summed E-state index contributed by atoms with van der Waals surface area (Å²) in [6.45, 7) is 4.40. The molecule has 142 valence electrons. The van der Waals surface area contributed by atoms with Gasteiger partial charge < -0.3 is 20.1 Å². The average molecular weight is 373 g/mol. The third-order valence-electron chi connectivity index (χ3n) is 3.28. The lowest BCUT2D eigenvalue weighted by molar-refractivity contribution is -0.120. The molecule has 1 rings (SSSR count). The van der Waals surface area contributed by atoms with Crippen LogP contribution in [0.3, 0.4) is 0 Å². The van der Waals surface area contributed by atoms with Gasteiger partial charge in [-0.3, -0.25) is 4.79 Å². The summed E-state index contributed by atoms with van der Waals surface area (Å²) in [5, 5.41) is 5.69. The molecular weight excluding hydrogens is 346 g/mol. The number of carbonyl (C=O) groups excluding carboxylic acids is 1. The van der Waals surface area contributed by atoms with Crippen LogP contribution in [0.25, 0.3) is 0 Å². The number of hydrogen-bond donors (Lipinski definition) is 2. The molecule has 0 spiro atoms. The molecule has 1 atom stereocenters. The van der Waals surface area contributed by atoms with Crippen LogP contribution in [0.2, 0.25) is 0 Å². The molecule has 0 saturated heterocycles. The summed E-state index contributed by atoms with van der Waals surface area (Å²) in [5.41, 5.74) is 0.512. The van der Waals surface area contributed by atoms with Crippen LogP contribution in [0, 0.1) is 0 Å². The number of benzene rings is 1. The van der Waals surface area contributed by atoms with Gasteiger partial charge >= 0.3 is 0 Å². The highest BCUT2D eigenvalue weighted by Gasteiger charge is 2.23. The first kappa shape index (κ1) is 21.2. The number of ether oxygens (including phenoxy) is 2. The van der Waals surface area contributed by atoms with Crippen LogP contribution in [0.5, 0.6) is 5.75 Å². The van der Waals surface area contributed by atoms with E-state index < -0.39 is 10.0 Å². The van der Waals surface area contributed by atoms with Gasteiger partial charge in [-0.05, 0) is 32.0 Å². The second-order valence-electron chi connectivity index (χ2n) is 5.66. The quantitative estimate of drug-likeness (QED) is 0.632. The van der Waals surface area contributed by atoms with Crippen molar-refractivity contribution in [3.63, 3.8) is 0 Å². The summed E-state index contributed by atoms with van der Waals surface area (Å²) in [6, 6.07) is 4.61. The molecule has 0 bridgehead atoms. The van der Waals surface area contributed by atoms with E-state index in [1.165, 1.54) is 20.2 Å². The van der Waals surface area contributed by atoms with Crippen LogP contribution >= 0.6 is 0 Å². The van der Waals surface area contributed by atoms with Crippen molar-refractivity contribution in [3.8, 4) is 5.75 Å². The third kappa shape index (κ3) is 6.18. The molecule has 1 aromatic carbocycles. The Morgan fingerprint density at radius 1 is 1.32 bits per heavy atom. The van der Waals surface area contributed by atoms with Crippen molar-refractivity contribution in [1.82, 2.24) is 9.62 Å². The minimum Gasteiger partial charge on any atom is -0.492 e. The number of methoxy groups -OCH3 is 1. The van der Waals surface area contributed by atoms with Crippen molar-refractivity contribution in [1.29, 1.82) is 0 Å². The Bertz CT molecular complexity index is 676. The minimum atomic E-state index is -3.67. The Labute approximate surface area is 149 Å². The zero-order chi connectivity index (χ0) is 19.0. The number of rotatable bonds is 10. The predicted molar refractivity (Wildman–Crippen MR) is 96.5 cm³/mol. The van der Waals surface area contributed by atoms with E-state index in [1.54, 1.807) is 26.2 Å². The van der Waals surface area contributed by atoms with Crippen molar-refractivity contribution < 1.29 is 22.7 Å². The van der Waals surface area contributed by atoms with Crippen molar-refractivity contribution in [2.24, 2.45) is 0 Å². The van der Waals surface area contributed by atoms with Crippen molar-refractivity contribution in [3.05, 3.63) is 18.2 Å². The normalized spacial score (nSPS) is 12.7. The number of nitrogens with one attached hydrogen (secondary N) is 2. The van der Waals surface area contributed by atoms with E-state index in [0.717, 1.165) is 4.31 Å². The number of sulfonamides is 1. The van der Waals surface area contributed by atoms with Crippen LogP contribution in [0.15, 0.2) is 23.1 Å². The molecule has 0 aliphatic carbocycles. The molecule has 0 radical (unpaired) electrons. The Morgan fingerprint density at radius 2 is 2.00 bits per heavy atom. The molecule has 0 aromatic heterocycles. The van der Waals surface area contributed by atoms with Crippen LogP contribution in [-0.4, -0.2) is 65.6 Å². The Hall–Kier alpha value is -1.84. The van der Waals surface area contributed by atoms with Crippen LogP contribution in [0.1, 0.15) is 13.8 Å². The van der Waals surface area contributed by atoms with E-state index in [1.807, 2.05) is 6.92 Å². The third-order valence-corrected chi connectivity index (χ3v) is 5.12. The molecule has 0 fully saturated rings. The highest BCUT2D eigenvalue weighted by Crippen LogP contribution is 2.29. The fourth-order valence-corrected chi connectivity index (χ4v) is 3.14. The fourth-order valence-electron chi connectivity index (χ4n) is 2.09. The number of amides is 1. The van der Waals surface area contributed by atoms with Crippen LogP contribution in [-0.2, 0) is 19.6 Å². The van der Waals surface area contributed by atoms with Gasteiger partial charge in [0.15, 0.2) is 0 Å². The summed E-state index contributed by atoms with van der Waals surface area (Å²) in [6.07, 6.45) is 0. The average Bonchev–Trinajstić information content (AvgIpc) is 2.54. The fraction of sp³-hybridized carbons (Fsp3) is 0.562. The zero-order valence-electron chi connectivity index (χ0n) is 15.3. The number of anilines is 1. The van der Waals surface area contributed by atoms with Gasteiger partial charge in [0.1, 0.15) is 10.6 Å². The van der Waals surface area contributed by atoms with Crippen LogP contribution in [0.4, 0.5) is 5.69 Å². The lowest BCUT2D eigenvalue weighted by Crippen LogP contribution is -2.39. The smallest absolute Gasteiger partial charge is 0.246 e. The molecule has 1 unspecified atom stereocenters. The molecule has 1 amide bonds. The lowest BCUT2D eigenvalue weighted by Gasteiger charge is -2.17.